The SMILES string of the molecule is CCc1cnccc1C(Cc1ccc(C)cc1)NC. The minimum absolute atomic E-state index is 0.348. The van der Waals surface area contributed by atoms with Gasteiger partial charge in [-0.2, -0.15) is 0 Å². The summed E-state index contributed by atoms with van der Waals surface area (Å²) < 4.78 is 0. The molecule has 0 fully saturated rings. The van der Waals surface area contributed by atoms with E-state index < -0.39 is 0 Å². The highest BCUT2D eigenvalue weighted by Gasteiger charge is 2.13. The maximum absolute atomic E-state index is 4.22. The maximum atomic E-state index is 4.22. The molecule has 1 aromatic carbocycles. The molecule has 0 amide bonds. The topological polar surface area (TPSA) is 24.9 Å². The van der Waals surface area contributed by atoms with Gasteiger partial charge in [0.25, 0.3) is 0 Å². The first kappa shape index (κ1) is 13.8. The van der Waals surface area contributed by atoms with Crippen LogP contribution in [0, 0.1) is 6.92 Å². The average molecular weight is 254 g/mol. The second-order valence-electron chi connectivity index (χ2n) is 4.96. The molecule has 0 aliphatic carbocycles. The van der Waals surface area contributed by atoms with Crippen molar-refractivity contribution in [1.29, 1.82) is 0 Å². The van der Waals surface area contributed by atoms with Crippen molar-refractivity contribution < 1.29 is 0 Å². The Hall–Kier alpha value is -1.67. The molecule has 1 atom stereocenters. The summed E-state index contributed by atoms with van der Waals surface area (Å²) in [5.41, 5.74) is 5.36. The highest BCUT2D eigenvalue weighted by Crippen LogP contribution is 2.21. The zero-order chi connectivity index (χ0) is 13.7. The van der Waals surface area contributed by atoms with Gasteiger partial charge in [0.05, 0.1) is 0 Å². The molecule has 1 N–H and O–H groups in total. The second kappa shape index (κ2) is 6.48. The fourth-order valence-corrected chi connectivity index (χ4v) is 2.40. The van der Waals surface area contributed by atoms with Crippen molar-refractivity contribution in [2.45, 2.75) is 32.7 Å². The largest absolute Gasteiger partial charge is 0.313 e. The first-order valence-corrected chi connectivity index (χ1v) is 6.90. The molecule has 0 aliphatic rings. The minimum Gasteiger partial charge on any atom is -0.313 e. The number of hydrogen-bond donors (Lipinski definition) is 1. The van der Waals surface area contributed by atoms with E-state index in [0.29, 0.717) is 6.04 Å². The minimum atomic E-state index is 0.348. The number of likely N-dealkylation sites (N-methyl/N-ethyl adjacent to an activating group) is 1. The lowest BCUT2D eigenvalue weighted by molar-refractivity contribution is 0.586. The summed E-state index contributed by atoms with van der Waals surface area (Å²) in [6.45, 7) is 4.30. The number of benzene rings is 1. The van der Waals surface area contributed by atoms with Crippen LogP contribution in [0.2, 0.25) is 0 Å². The number of pyridine rings is 1. The van der Waals surface area contributed by atoms with Gasteiger partial charge >= 0.3 is 0 Å². The summed E-state index contributed by atoms with van der Waals surface area (Å²) in [4.78, 5) is 4.22. The van der Waals surface area contributed by atoms with Gasteiger partial charge in [-0.05, 0) is 49.6 Å². The Bertz CT molecular complexity index is 517. The van der Waals surface area contributed by atoms with Crippen molar-refractivity contribution >= 4 is 0 Å². The van der Waals surface area contributed by atoms with Crippen LogP contribution in [0.4, 0.5) is 0 Å². The Kier molecular flexibility index (Phi) is 4.69. The maximum Gasteiger partial charge on any atom is 0.0362 e. The predicted octanol–water partition coefficient (Wildman–Crippen LogP) is 3.46. The van der Waals surface area contributed by atoms with Gasteiger partial charge in [-0.25, -0.2) is 0 Å². The molecule has 0 saturated carbocycles. The van der Waals surface area contributed by atoms with Crippen molar-refractivity contribution in [3.8, 4) is 0 Å². The third-order valence-electron chi connectivity index (χ3n) is 3.61. The molecule has 2 heteroatoms. The van der Waals surface area contributed by atoms with E-state index in [1.165, 1.54) is 22.3 Å². The van der Waals surface area contributed by atoms with Crippen molar-refractivity contribution in [1.82, 2.24) is 10.3 Å². The van der Waals surface area contributed by atoms with Gasteiger partial charge < -0.3 is 5.32 Å². The summed E-state index contributed by atoms with van der Waals surface area (Å²) in [5, 5.41) is 3.43. The van der Waals surface area contributed by atoms with Crippen molar-refractivity contribution in [3.05, 3.63) is 65.0 Å². The van der Waals surface area contributed by atoms with Crippen LogP contribution in [-0.2, 0) is 12.8 Å². The van der Waals surface area contributed by atoms with Crippen LogP contribution in [-0.4, -0.2) is 12.0 Å². The van der Waals surface area contributed by atoms with Crippen molar-refractivity contribution in [3.63, 3.8) is 0 Å². The van der Waals surface area contributed by atoms with E-state index in [1.54, 1.807) is 0 Å². The molecule has 2 aromatic rings. The number of rotatable bonds is 5. The van der Waals surface area contributed by atoms with Crippen LogP contribution in [0.15, 0.2) is 42.7 Å². The van der Waals surface area contributed by atoms with Gasteiger partial charge in [-0.1, -0.05) is 36.8 Å². The molecule has 0 aliphatic heterocycles. The van der Waals surface area contributed by atoms with E-state index in [2.05, 4.69) is 54.5 Å². The molecule has 0 spiro atoms. The second-order valence-corrected chi connectivity index (χ2v) is 4.96. The third-order valence-corrected chi connectivity index (χ3v) is 3.61. The first-order chi connectivity index (χ1) is 9.24. The number of nitrogens with zero attached hydrogens (tertiary/aromatic N) is 1. The summed E-state index contributed by atoms with van der Waals surface area (Å²) in [6, 6.07) is 11.3. The van der Waals surface area contributed by atoms with Gasteiger partial charge in [-0.15, -0.1) is 0 Å². The highest BCUT2D eigenvalue weighted by atomic mass is 14.9. The molecule has 19 heavy (non-hydrogen) atoms. The van der Waals surface area contributed by atoms with Crippen LogP contribution in [0.5, 0.6) is 0 Å². The van der Waals surface area contributed by atoms with Gasteiger partial charge in [0.15, 0.2) is 0 Å². The van der Waals surface area contributed by atoms with E-state index in [4.69, 9.17) is 0 Å². The van der Waals surface area contributed by atoms with E-state index in [1.807, 2.05) is 19.4 Å². The Morgan fingerprint density at radius 2 is 1.89 bits per heavy atom. The van der Waals surface area contributed by atoms with Crippen LogP contribution in [0.25, 0.3) is 0 Å². The predicted molar refractivity (Wildman–Crippen MR) is 80.3 cm³/mol. The average Bonchev–Trinajstić information content (AvgIpc) is 2.46. The fourth-order valence-electron chi connectivity index (χ4n) is 2.40. The van der Waals surface area contributed by atoms with Crippen molar-refractivity contribution in [2.75, 3.05) is 7.05 Å². The molecular formula is C17H22N2. The van der Waals surface area contributed by atoms with Gasteiger partial charge in [-0.3, -0.25) is 4.98 Å². The Morgan fingerprint density at radius 3 is 2.53 bits per heavy atom. The molecule has 0 radical (unpaired) electrons. The molecule has 2 nitrogen and oxygen atoms in total. The van der Waals surface area contributed by atoms with Crippen LogP contribution >= 0.6 is 0 Å². The Morgan fingerprint density at radius 1 is 1.16 bits per heavy atom. The summed E-state index contributed by atoms with van der Waals surface area (Å²) in [6.07, 6.45) is 5.89. The lowest BCUT2D eigenvalue weighted by Gasteiger charge is -2.19. The lowest BCUT2D eigenvalue weighted by Crippen LogP contribution is -2.20. The molecule has 0 saturated heterocycles. The monoisotopic (exact) mass is 254 g/mol. The van der Waals surface area contributed by atoms with E-state index in [0.717, 1.165) is 12.8 Å². The van der Waals surface area contributed by atoms with E-state index in [-0.39, 0.29) is 0 Å². The Balaban J connectivity index is 2.22. The number of aryl methyl sites for hydroxylation is 2. The number of hydrogen-bond acceptors (Lipinski definition) is 2. The quantitative estimate of drug-likeness (QED) is 0.884. The first-order valence-electron chi connectivity index (χ1n) is 6.90. The molecule has 1 heterocycles. The summed E-state index contributed by atoms with van der Waals surface area (Å²) in [7, 11) is 2.03. The normalized spacial score (nSPS) is 12.4. The van der Waals surface area contributed by atoms with Gasteiger partial charge in [0.2, 0.25) is 0 Å². The van der Waals surface area contributed by atoms with Gasteiger partial charge in [0, 0.05) is 18.4 Å². The smallest absolute Gasteiger partial charge is 0.0362 e. The fraction of sp³-hybridized carbons (Fsp3) is 0.353. The zero-order valence-corrected chi connectivity index (χ0v) is 12.0. The standard InChI is InChI=1S/C17H22N2/c1-4-15-12-19-10-9-16(15)17(18-3)11-14-7-5-13(2)6-8-14/h5-10,12,17-18H,4,11H2,1-3H3. The van der Waals surface area contributed by atoms with E-state index in [9.17, 15) is 0 Å². The third kappa shape index (κ3) is 3.42. The highest BCUT2D eigenvalue weighted by molar-refractivity contribution is 5.30. The lowest BCUT2D eigenvalue weighted by atomic mass is 9.95. The van der Waals surface area contributed by atoms with Crippen LogP contribution in [0.3, 0.4) is 0 Å². The van der Waals surface area contributed by atoms with Crippen LogP contribution in [0.1, 0.15) is 35.2 Å². The van der Waals surface area contributed by atoms with Gasteiger partial charge in [0.1, 0.15) is 0 Å². The molecule has 1 aromatic heterocycles. The zero-order valence-electron chi connectivity index (χ0n) is 12.0. The molecule has 1 unspecified atom stereocenters. The molecule has 2 rings (SSSR count). The van der Waals surface area contributed by atoms with E-state index >= 15 is 0 Å². The molecule has 100 valence electrons. The molecular weight excluding hydrogens is 232 g/mol. The Labute approximate surface area is 115 Å². The van der Waals surface area contributed by atoms with Crippen LogP contribution < -0.4 is 5.32 Å². The number of aromatic nitrogens is 1. The summed E-state index contributed by atoms with van der Waals surface area (Å²) in [5.74, 6) is 0. The summed E-state index contributed by atoms with van der Waals surface area (Å²) >= 11 is 0. The molecule has 0 bridgehead atoms. The number of nitrogens with one attached hydrogen (secondary N) is 1. The van der Waals surface area contributed by atoms with Crippen molar-refractivity contribution in [2.24, 2.45) is 0 Å².